The minimum atomic E-state index is 0.523. The van der Waals surface area contributed by atoms with E-state index in [1.54, 1.807) is 0 Å². The van der Waals surface area contributed by atoms with Crippen molar-refractivity contribution < 1.29 is 4.74 Å². The molecule has 0 aromatic heterocycles. The van der Waals surface area contributed by atoms with E-state index in [2.05, 4.69) is 34.7 Å². The van der Waals surface area contributed by atoms with Crippen LogP contribution in [0.4, 0.5) is 0 Å². The Balaban J connectivity index is 2.19. The minimum absolute atomic E-state index is 0.523. The number of nitrogens with zero attached hydrogens (tertiary/aromatic N) is 1. The number of hydrogen-bond acceptors (Lipinski definition) is 2. The van der Waals surface area contributed by atoms with E-state index in [-0.39, 0.29) is 0 Å². The van der Waals surface area contributed by atoms with Crippen molar-refractivity contribution in [3.63, 3.8) is 0 Å². The van der Waals surface area contributed by atoms with Gasteiger partial charge < -0.3 is 9.64 Å². The summed E-state index contributed by atoms with van der Waals surface area (Å²) in [5.41, 5.74) is 0. The molecular formula is C12H24BrNO. The first-order valence-electron chi connectivity index (χ1n) is 6.20. The second kappa shape index (κ2) is 7.64. The summed E-state index contributed by atoms with van der Waals surface area (Å²) in [6, 6.07) is 0. The van der Waals surface area contributed by atoms with Gasteiger partial charge in [-0.05, 0) is 25.7 Å². The van der Waals surface area contributed by atoms with Crippen LogP contribution in [0, 0.1) is 5.92 Å². The van der Waals surface area contributed by atoms with Crippen LogP contribution in [0.3, 0.4) is 0 Å². The van der Waals surface area contributed by atoms with Gasteiger partial charge in [0, 0.05) is 31.6 Å². The van der Waals surface area contributed by atoms with Crippen LogP contribution in [0.2, 0.25) is 0 Å². The summed E-state index contributed by atoms with van der Waals surface area (Å²) in [5.74, 6) is 0.814. The number of alkyl halides is 1. The van der Waals surface area contributed by atoms with E-state index >= 15 is 0 Å². The Morgan fingerprint density at radius 1 is 1.33 bits per heavy atom. The lowest BCUT2D eigenvalue weighted by molar-refractivity contribution is 0.0116. The normalized spacial score (nSPS) is 21.8. The van der Waals surface area contributed by atoms with Crippen molar-refractivity contribution >= 4 is 15.9 Å². The first-order chi connectivity index (χ1) is 7.30. The summed E-state index contributed by atoms with van der Waals surface area (Å²) in [4.78, 5) is 2.59. The molecular weight excluding hydrogens is 254 g/mol. The van der Waals surface area contributed by atoms with Gasteiger partial charge in [0.2, 0.25) is 0 Å². The second-order valence-corrected chi connectivity index (χ2v) is 5.03. The third-order valence-electron chi connectivity index (χ3n) is 3.25. The van der Waals surface area contributed by atoms with Crippen molar-refractivity contribution in [2.45, 2.75) is 39.2 Å². The fourth-order valence-corrected chi connectivity index (χ4v) is 2.81. The smallest absolute Gasteiger partial charge is 0.0599 e. The fourth-order valence-electron chi connectivity index (χ4n) is 2.15. The van der Waals surface area contributed by atoms with Crippen LogP contribution in [-0.4, -0.2) is 42.6 Å². The van der Waals surface area contributed by atoms with Gasteiger partial charge in [-0.1, -0.05) is 29.3 Å². The highest BCUT2D eigenvalue weighted by molar-refractivity contribution is 9.09. The zero-order chi connectivity index (χ0) is 11.1. The van der Waals surface area contributed by atoms with Gasteiger partial charge in [-0.15, -0.1) is 0 Å². The standard InChI is InChI=1S/C12H24BrNO/c1-3-11(9-13)10-14-7-5-12(6-8-14)15-4-2/h11-12H,3-10H2,1-2H3. The van der Waals surface area contributed by atoms with Crippen LogP contribution in [0.1, 0.15) is 33.1 Å². The molecule has 0 spiro atoms. The summed E-state index contributed by atoms with van der Waals surface area (Å²) in [6.45, 7) is 8.91. The van der Waals surface area contributed by atoms with Gasteiger partial charge in [0.1, 0.15) is 0 Å². The number of halogens is 1. The van der Waals surface area contributed by atoms with Crippen LogP contribution in [0.5, 0.6) is 0 Å². The Kier molecular flexibility index (Phi) is 6.86. The van der Waals surface area contributed by atoms with Crippen molar-refractivity contribution in [1.82, 2.24) is 4.90 Å². The third-order valence-corrected chi connectivity index (χ3v) is 4.16. The number of likely N-dealkylation sites (tertiary alicyclic amines) is 1. The second-order valence-electron chi connectivity index (χ2n) is 4.38. The van der Waals surface area contributed by atoms with Crippen molar-refractivity contribution in [2.75, 3.05) is 31.6 Å². The van der Waals surface area contributed by atoms with Crippen LogP contribution in [-0.2, 0) is 4.74 Å². The van der Waals surface area contributed by atoms with Gasteiger partial charge >= 0.3 is 0 Å². The predicted octanol–water partition coefficient (Wildman–Crippen LogP) is 2.91. The number of hydrogen-bond donors (Lipinski definition) is 0. The molecule has 0 radical (unpaired) electrons. The first kappa shape index (κ1) is 13.5. The van der Waals surface area contributed by atoms with Crippen LogP contribution < -0.4 is 0 Å². The van der Waals surface area contributed by atoms with Crippen molar-refractivity contribution in [1.29, 1.82) is 0 Å². The average molecular weight is 278 g/mol. The fraction of sp³-hybridized carbons (Fsp3) is 1.00. The minimum Gasteiger partial charge on any atom is -0.378 e. The highest BCUT2D eigenvalue weighted by Crippen LogP contribution is 2.16. The Hall–Kier alpha value is 0.400. The van der Waals surface area contributed by atoms with Crippen LogP contribution in [0.15, 0.2) is 0 Å². The summed E-state index contributed by atoms with van der Waals surface area (Å²) < 4.78 is 5.65. The molecule has 1 aliphatic heterocycles. The maximum Gasteiger partial charge on any atom is 0.0599 e. The summed E-state index contributed by atoms with van der Waals surface area (Å²) >= 11 is 3.59. The largest absolute Gasteiger partial charge is 0.378 e. The van der Waals surface area contributed by atoms with E-state index in [1.807, 2.05) is 0 Å². The quantitative estimate of drug-likeness (QED) is 0.693. The predicted molar refractivity (Wildman–Crippen MR) is 68.7 cm³/mol. The van der Waals surface area contributed by atoms with Gasteiger partial charge in [-0.25, -0.2) is 0 Å². The number of rotatable bonds is 6. The van der Waals surface area contributed by atoms with Gasteiger partial charge in [0.05, 0.1) is 6.10 Å². The lowest BCUT2D eigenvalue weighted by Gasteiger charge is -2.33. The average Bonchev–Trinajstić information content (AvgIpc) is 2.28. The van der Waals surface area contributed by atoms with Gasteiger partial charge in [-0.2, -0.15) is 0 Å². The van der Waals surface area contributed by atoms with E-state index in [4.69, 9.17) is 4.74 Å². The van der Waals surface area contributed by atoms with E-state index in [0.717, 1.165) is 17.9 Å². The maximum absolute atomic E-state index is 5.65. The molecule has 0 bridgehead atoms. The molecule has 0 saturated carbocycles. The van der Waals surface area contributed by atoms with Crippen LogP contribution in [0.25, 0.3) is 0 Å². The molecule has 1 heterocycles. The van der Waals surface area contributed by atoms with E-state index in [1.165, 1.54) is 38.9 Å². The first-order valence-corrected chi connectivity index (χ1v) is 7.32. The highest BCUT2D eigenvalue weighted by Gasteiger charge is 2.20. The van der Waals surface area contributed by atoms with Gasteiger partial charge in [-0.3, -0.25) is 0 Å². The zero-order valence-corrected chi connectivity index (χ0v) is 11.6. The molecule has 3 heteroatoms. The topological polar surface area (TPSA) is 12.5 Å². The van der Waals surface area contributed by atoms with Crippen molar-refractivity contribution in [2.24, 2.45) is 5.92 Å². The van der Waals surface area contributed by atoms with Crippen molar-refractivity contribution in [3.8, 4) is 0 Å². The van der Waals surface area contributed by atoms with Crippen molar-refractivity contribution in [3.05, 3.63) is 0 Å². The van der Waals surface area contributed by atoms with E-state index in [0.29, 0.717) is 6.10 Å². The monoisotopic (exact) mass is 277 g/mol. The zero-order valence-electron chi connectivity index (χ0n) is 10.0. The molecule has 1 unspecified atom stereocenters. The van der Waals surface area contributed by atoms with E-state index in [9.17, 15) is 0 Å². The Morgan fingerprint density at radius 3 is 2.47 bits per heavy atom. The summed E-state index contributed by atoms with van der Waals surface area (Å²) in [7, 11) is 0. The maximum atomic E-state index is 5.65. The number of ether oxygens (including phenoxy) is 1. The van der Waals surface area contributed by atoms with Gasteiger partial charge in [0.25, 0.3) is 0 Å². The third kappa shape index (κ3) is 4.83. The van der Waals surface area contributed by atoms with Gasteiger partial charge in [0.15, 0.2) is 0 Å². The molecule has 0 aliphatic carbocycles. The lowest BCUT2D eigenvalue weighted by atomic mass is 10.0. The summed E-state index contributed by atoms with van der Waals surface area (Å²) in [5, 5.41) is 1.13. The summed E-state index contributed by atoms with van der Waals surface area (Å²) in [6.07, 6.45) is 4.23. The Morgan fingerprint density at radius 2 is 2.00 bits per heavy atom. The molecule has 1 saturated heterocycles. The molecule has 0 aromatic rings. The molecule has 0 N–H and O–H groups in total. The molecule has 0 aromatic carbocycles. The molecule has 1 fully saturated rings. The van der Waals surface area contributed by atoms with E-state index < -0.39 is 0 Å². The van der Waals surface area contributed by atoms with Crippen LogP contribution >= 0.6 is 15.9 Å². The molecule has 15 heavy (non-hydrogen) atoms. The SMILES string of the molecule is CCOC1CCN(CC(CC)CBr)CC1. The molecule has 2 nitrogen and oxygen atoms in total. The molecule has 1 aliphatic rings. The highest BCUT2D eigenvalue weighted by atomic mass is 79.9. The molecule has 90 valence electrons. The Labute approximate surface area is 102 Å². The molecule has 1 rings (SSSR count). The number of piperidine rings is 1. The Bertz CT molecular complexity index is 154. The molecule has 1 atom stereocenters. The molecule has 0 amide bonds. The lowest BCUT2D eigenvalue weighted by Crippen LogP contribution is -2.39.